The SMILES string of the molecule is Cc1cccc(-n2nnnc2SCc2coc(-c3cccs3)n2)c1. The lowest BCUT2D eigenvalue weighted by Gasteiger charge is -2.04. The van der Waals surface area contributed by atoms with Crippen molar-refractivity contribution in [2.45, 2.75) is 17.8 Å². The van der Waals surface area contributed by atoms with Crippen LogP contribution in [0.4, 0.5) is 0 Å². The molecule has 0 fully saturated rings. The largest absolute Gasteiger partial charge is 0.444 e. The Labute approximate surface area is 146 Å². The van der Waals surface area contributed by atoms with Gasteiger partial charge in [0.1, 0.15) is 6.26 Å². The van der Waals surface area contributed by atoms with Crippen LogP contribution < -0.4 is 0 Å². The van der Waals surface area contributed by atoms with Gasteiger partial charge in [-0.1, -0.05) is 30.0 Å². The van der Waals surface area contributed by atoms with Crippen LogP contribution in [0.15, 0.2) is 57.6 Å². The fourth-order valence-electron chi connectivity index (χ4n) is 2.22. The summed E-state index contributed by atoms with van der Waals surface area (Å²) in [7, 11) is 0. The van der Waals surface area contributed by atoms with Gasteiger partial charge in [-0.2, -0.15) is 4.68 Å². The number of hydrogen-bond acceptors (Lipinski definition) is 7. The van der Waals surface area contributed by atoms with Crippen LogP contribution in [0.1, 0.15) is 11.3 Å². The number of thiophene rings is 1. The lowest BCUT2D eigenvalue weighted by Crippen LogP contribution is -1.99. The summed E-state index contributed by atoms with van der Waals surface area (Å²) >= 11 is 3.13. The van der Waals surface area contributed by atoms with Crippen LogP contribution in [0.5, 0.6) is 0 Å². The van der Waals surface area contributed by atoms with Gasteiger partial charge >= 0.3 is 0 Å². The van der Waals surface area contributed by atoms with Crippen LogP contribution in [-0.2, 0) is 5.75 Å². The fourth-order valence-corrected chi connectivity index (χ4v) is 3.64. The molecule has 0 atom stereocenters. The molecule has 0 aliphatic carbocycles. The summed E-state index contributed by atoms with van der Waals surface area (Å²) in [4.78, 5) is 5.54. The Morgan fingerprint density at radius 1 is 1.25 bits per heavy atom. The Morgan fingerprint density at radius 3 is 3.04 bits per heavy atom. The molecular weight excluding hydrogens is 342 g/mol. The highest BCUT2D eigenvalue weighted by molar-refractivity contribution is 7.98. The maximum Gasteiger partial charge on any atom is 0.236 e. The minimum absolute atomic E-state index is 0.640. The molecule has 3 aromatic heterocycles. The summed E-state index contributed by atoms with van der Waals surface area (Å²) in [5.74, 6) is 1.29. The summed E-state index contributed by atoms with van der Waals surface area (Å²) < 4.78 is 7.27. The van der Waals surface area contributed by atoms with Gasteiger partial charge in [-0.25, -0.2) is 4.98 Å². The van der Waals surface area contributed by atoms with E-state index in [-0.39, 0.29) is 0 Å². The molecule has 0 saturated carbocycles. The number of tetrazole rings is 1. The van der Waals surface area contributed by atoms with Crippen molar-refractivity contribution in [2.24, 2.45) is 0 Å². The van der Waals surface area contributed by atoms with Crippen molar-refractivity contribution in [1.29, 1.82) is 0 Å². The molecule has 4 rings (SSSR count). The Balaban J connectivity index is 1.50. The van der Waals surface area contributed by atoms with Gasteiger partial charge in [-0.3, -0.25) is 0 Å². The number of hydrogen-bond donors (Lipinski definition) is 0. The number of aromatic nitrogens is 5. The summed E-state index contributed by atoms with van der Waals surface area (Å²) in [6.45, 7) is 2.04. The zero-order chi connectivity index (χ0) is 16.4. The Kier molecular flexibility index (Phi) is 4.14. The first-order valence-corrected chi connectivity index (χ1v) is 9.12. The van der Waals surface area contributed by atoms with E-state index in [0.29, 0.717) is 11.6 Å². The average molecular weight is 355 g/mol. The van der Waals surface area contributed by atoms with Gasteiger partial charge in [0.15, 0.2) is 0 Å². The van der Waals surface area contributed by atoms with E-state index in [1.165, 1.54) is 11.8 Å². The van der Waals surface area contributed by atoms with Crippen LogP contribution in [0.2, 0.25) is 0 Å². The zero-order valence-electron chi connectivity index (χ0n) is 12.8. The Morgan fingerprint density at radius 2 is 2.21 bits per heavy atom. The highest BCUT2D eigenvalue weighted by atomic mass is 32.2. The molecule has 4 aromatic rings. The molecule has 24 heavy (non-hydrogen) atoms. The molecule has 0 aliphatic rings. The summed E-state index contributed by atoms with van der Waals surface area (Å²) in [5.41, 5.74) is 2.97. The highest BCUT2D eigenvalue weighted by Gasteiger charge is 2.12. The number of benzene rings is 1. The van der Waals surface area contributed by atoms with Crippen molar-refractivity contribution in [1.82, 2.24) is 25.2 Å². The van der Waals surface area contributed by atoms with Gasteiger partial charge in [0.2, 0.25) is 11.0 Å². The third kappa shape index (κ3) is 3.10. The smallest absolute Gasteiger partial charge is 0.236 e. The third-order valence-electron chi connectivity index (χ3n) is 3.32. The van der Waals surface area contributed by atoms with E-state index >= 15 is 0 Å². The van der Waals surface area contributed by atoms with Gasteiger partial charge in [-0.05, 0) is 46.5 Å². The molecule has 0 amide bonds. The topological polar surface area (TPSA) is 69.6 Å². The second kappa shape index (κ2) is 6.58. The minimum Gasteiger partial charge on any atom is -0.444 e. The standard InChI is InChI=1S/C16H13N5OS2/c1-11-4-2-5-13(8-11)21-16(18-19-20-21)24-10-12-9-22-15(17-12)14-6-3-7-23-14/h2-9H,10H2,1H3. The van der Waals surface area contributed by atoms with Crippen molar-refractivity contribution in [3.05, 3.63) is 59.3 Å². The second-order valence-corrected chi connectivity index (χ2v) is 7.01. The van der Waals surface area contributed by atoms with Crippen LogP contribution in [-0.4, -0.2) is 25.2 Å². The molecule has 0 bridgehead atoms. The van der Waals surface area contributed by atoms with E-state index < -0.39 is 0 Å². The van der Waals surface area contributed by atoms with E-state index in [1.54, 1.807) is 22.3 Å². The van der Waals surface area contributed by atoms with E-state index in [4.69, 9.17) is 4.42 Å². The molecular formula is C16H13N5OS2. The molecule has 1 aromatic carbocycles. The van der Waals surface area contributed by atoms with Crippen LogP contribution >= 0.6 is 23.1 Å². The van der Waals surface area contributed by atoms with Crippen molar-refractivity contribution in [2.75, 3.05) is 0 Å². The Bertz CT molecular complexity index is 945. The molecule has 3 heterocycles. The molecule has 120 valence electrons. The monoisotopic (exact) mass is 355 g/mol. The first-order chi connectivity index (χ1) is 11.8. The van der Waals surface area contributed by atoms with Gasteiger partial charge in [0.05, 0.1) is 16.3 Å². The molecule has 0 radical (unpaired) electrons. The molecule has 0 aliphatic heterocycles. The van der Waals surface area contributed by atoms with Gasteiger partial charge in [0, 0.05) is 5.75 Å². The molecule has 6 nitrogen and oxygen atoms in total. The van der Waals surface area contributed by atoms with Crippen LogP contribution in [0, 0.1) is 6.92 Å². The van der Waals surface area contributed by atoms with E-state index in [9.17, 15) is 0 Å². The summed E-state index contributed by atoms with van der Waals surface area (Å²) in [6, 6.07) is 12.0. The van der Waals surface area contributed by atoms with E-state index in [0.717, 1.165) is 27.0 Å². The quantitative estimate of drug-likeness (QED) is 0.504. The molecule has 0 saturated heterocycles. The van der Waals surface area contributed by atoms with Gasteiger partial charge < -0.3 is 4.42 Å². The predicted molar refractivity (Wildman–Crippen MR) is 93.3 cm³/mol. The first-order valence-electron chi connectivity index (χ1n) is 7.26. The number of thioether (sulfide) groups is 1. The predicted octanol–water partition coefficient (Wildman–Crippen LogP) is 3.98. The molecule has 0 N–H and O–H groups in total. The number of oxazole rings is 1. The van der Waals surface area contributed by atoms with Crippen molar-refractivity contribution in [3.63, 3.8) is 0 Å². The number of rotatable bonds is 5. The summed E-state index contributed by atoms with van der Waals surface area (Å²) in [6.07, 6.45) is 1.68. The van der Waals surface area contributed by atoms with E-state index in [1.807, 2.05) is 48.7 Å². The van der Waals surface area contributed by atoms with Crippen molar-refractivity contribution < 1.29 is 4.42 Å². The van der Waals surface area contributed by atoms with Crippen molar-refractivity contribution in [3.8, 4) is 16.5 Å². The third-order valence-corrected chi connectivity index (χ3v) is 5.13. The average Bonchev–Trinajstić information content (AvgIpc) is 3.33. The number of nitrogens with zero attached hydrogens (tertiary/aromatic N) is 5. The molecule has 0 spiro atoms. The zero-order valence-corrected chi connectivity index (χ0v) is 14.4. The maximum absolute atomic E-state index is 5.54. The second-order valence-electron chi connectivity index (χ2n) is 5.12. The van der Waals surface area contributed by atoms with Gasteiger partial charge in [0.25, 0.3) is 0 Å². The van der Waals surface area contributed by atoms with E-state index in [2.05, 4.69) is 20.5 Å². The number of aryl methyl sites for hydroxylation is 1. The van der Waals surface area contributed by atoms with Gasteiger partial charge in [-0.15, -0.1) is 16.4 Å². The highest BCUT2D eigenvalue weighted by Crippen LogP contribution is 2.27. The normalized spacial score (nSPS) is 11.0. The lowest BCUT2D eigenvalue weighted by molar-refractivity contribution is 0.575. The fraction of sp³-hybridized carbons (Fsp3) is 0.125. The first kappa shape index (κ1) is 15.1. The Hall–Kier alpha value is -2.45. The maximum atomic E-state index is 5.54. The minimum atomic E-state index is 0.640. The molecule has 0 unspecified atom stereocenters. The van der Waals surface area contributed by atoms with Crippen LogP contribution in [0.3, 0.4) is 0 Å². The molecule has 8 heteroatoms. The van der Waals surface area contributed by atoms with Crippen LogP contribution in [0.25, 0.3) is 16.5 Å². The lowest BCUT2D eigenvalue weighted by atomic mass is 10.2. The summed E-state index contributed by atoms with van der Waals surface area (Å²) in [5, 5.41) is 14.7. The van der Waals surface area contributed by atoms with Crippen molar-refractivity contribution >= 4 is 23.1 Å².